The first kappa shape index (κ1) is 23.3. The van der Waals surface area contributed by atoms with E-state index in [2.05, 4.69) is 10.6 Å². The first-order valence-corrected chi connectivity index (χ1v) is 10.2. The van der Waals surface area contributed by atoms with E-state index in [0.29, 0.717) is 28.5 Å². The van der Waals surface area contributed by atoms with Crippen LogP contribution in [0.4, 0.5) is 5.69 Å². The number of hydrogen-bond donors (Lipinski definition) is 2. The van der Waals surface area contributed by atoms with Crippen LogP contribution in [-0.2, 0) is 16.1 Å². The fourth-order valence-electron chi connectivity index (χ4n) is 2.96. The fourth-order valence-corrected chi connectivity index (χ4v) is 2.96. The first-order valence-electron chi connectivity index (χ1n) is 10.2. The number of amides is 2. The van der Waals surface area contributed by atoms with Crippen molar-refractivity contribution >= 4 is 23.5 Å². The summed E-state index contributed by atoms with van der Waals surface area (Å²) in [6.45, 7) is 1.40. The number of methoxy groups -OCH3 is 1. The number of anilines is 1. The lowest BCUT2D eigenvalue weighted by molar-refractivity contribution is -0.131. The third-order valence-corrected chi connectivity index (χ3v) is 4.46. The second-order valence-corrected chi connectivity index (χ2v) is 6.99. The summed E-state index contributed by atoms with van der Waals surface area (Å²) in [5, 5.41) is 5.57. The highest BCUT2D eigenvalue weighted by molar-refractivity contribution is 6.04. The SMILES string of the molecule is COc1ccccc1OCC(=O)NCc1cccc(NC(=O)c2cccc(OC(C)=O)c2)c1. The summed E-state index contributed by atoms with van der Waals surface area (Å²) in [7, 11) is 1.53. The number of esters is 1. The second-order valence-electron chi connectivity index (χ2n) is 6.99. The molecule has 8 heteroatoms. The Bertz CT molecular complexity index is 1150. The minimum atomic E-state index is -0.462. The Labute approximate surface area is 191 Å². The van der Waals surface area contributed by atoms with Crippen molar-refractivity contribution in [3.63, 3.8) is 0 Å². The van der Waals surface area contributed by atoms with E-state index < -0.39 is 5.97 Å². The van der Waals surface area contributed by atoms with Gasteiger partial charge in [0.1, 0.15) is 5.75 Å². The zero-order valence-corrected chi connectivity index (χ0v) is 18.3. The molecule has 0 aromatic heterocycles. The summed E-state index contributed by atoms with van der Waals surface area (Å²) < 4.78 is 15.7. The number of rotatable bonds is 9. The lowest BCUT2D eigenvalue weighted by Crippen LogP contribution is -2.28. The summed E-state index contributed by atoms with van der Waals surface area (Å²) in [6.07, 6.45) is 0. The van der Waals surface area contributed by atoms with Gasteiger partial charge in [-0.25, -0.2) is 0 Å². The first-order chi connectivity index (χ1) is 15.9. The summed E-state index contributed by atoms with van der Waals surface area (Å²) in [6, 6.07) is 20.5. The Morgan fingerprint density at radius 1 is 0.879 bits per heavy atom. The molecule has 0 spiro atoms. The van der Waals surface area contributed by atoms with E-state index in [1.165, 1.54) is 20.1 Å². The number of nitrogens with one attached hydrogen (secondary N) is 2. The predicted molar refractivity (Wildman–Crippen MR) is 122 cm³/mol. The monoisotopic (exact) mass is 448 g/mol. The maximum absolute atomic E-state index is 12.6. The van der Waals surface area contributed by atoms with Crippen LogP contribution in [-0.4, -0.2) is 31.5 Å². The van der Waals surface area contributed by atoms with Crippen LogP contribution in [0.15, 0.2) is 72.8 Å². The molecule has 0 saturated heterocycles. The number of carbonyl (C=O) groups is 3. The minimum absolute atomic E-state index is 0.157. The van der Waals surface area contributed by atoms with Gasteiger partial charge in [-0.1, -0.05) is 30.3 Å². The van der Waals surface area contributed by atoms with E-state index in [0.717, 1.165) is 5.56 Å². The molecule has 0 aliphatic heterocycles. The Kier molecular flexibility index (Phi) is 8.02. The number of para-hydroxylation sites is 2. The lowest BCUT2D eigenvalue weighted by Gasteiger charge is -2.11. The van der Waals surface area contributed by atoms with Gasteiger partial charge in [0.05, 0.1) is 7.11 Å². The van der Waals surface area contributed by atoms with Gasteiger partial charge in [0.25, 0.3) is 11.8 Å². The van der Waals surface area contributed by atoms with E-state index in [9.17, 15) is 14.4 Å². The summed E-state index contributed by atoms with van der Waals surface area (Å²) in [5.41, 5.74) is 1.71. The lowest BCUT2D eigenvalue weighted by atomic mass is 10.1. The van der Waals surface area contributed by atoms with Crippen LogP contribution in [0.1, 0.15) is 22.8 Å². The highest BCUT2D eigenvalue weighted by Crippen LogP contribution is 2.25. The summed E-state index contributed by atoms with van der Waals surface area (Å²) in [5.74, 6) is 0.218. The van der Waals surface area contributed by atoms with Crippen LogP contribution in [0.5, 0.6) is 17.2 Å². The molecule has 3 aromatic carbocycles. The summed E-state index contributed by atoms with van der Waals surface area (Å²) in [4.78, 5) is 35.8. The van der Waals surface area contributed by atoms with Gasteiger partial charge in [0, 0.05) is 24.7 Å². The molecule has 33 heavy (non-hydrogen) atoms. The topological polar surface area (TPSA) is 103 Å². The van der Waals surface area contributed by atoms with Gasteiger partial charge in [-0.3, -0.25) is 14.4 Å². The molecule has 0 radical (unpaired) electrons. The molecule has 0 saturated carbocycles. The quantitative estimate of drug-likeness (QED) is 0.383. The van der Waals surface area contributed by atoms with Crippen LogP contribution < -0.4 is 24.8 Å². The molecule has 170 valence electrons. The third kappa shape index (κ3) is 7.10. The molecule has 2 amide bonds. The smallest absolute Gasteiger partial charge is 0.308 e. The fraction of sp³-hybridized carbons (Fsp3) is 0.160. The molecule has 0 fully saturated rings. The Morgan fingerprint density at radius 2 is 1.64 bits per heavy atom. The third-order valence-electron chi connectivity index (χ3n) is 4.46. The van der Waals surface area contributed by atoms with Gasteiger partial charge in [0.2, 0.25) is 0 Å². The van der Waals surface area contributed by atoms with Crippen molar-refractivity contribution in [3.8, 4) is 17.2 Å². The predicted octanol–water partition coefficient (Wildman–Crippen LogP) is 3.57. The number of carbonyl (C=O) groups excluding carboxylic acids is 3. The van der Waals surface area contributed by atoms with Crippen molar-refractivity contribution in [1.82, 2.24) is 5.32 Å². The van der Waals surface area contributed by atoms with Gasteiger partial charge in [-0.2, -0.15) is 0 Å². The zero-order chi connectivity index (χ0) is 23.6. The normalized spacial score (nSPS) is 10.1. The molecule has 0 unspecified atom stereocenters. The van der Waals surface area contributed by atoms with Crippen LogP contribution in [0.3, 0.4) is 0 Å². The maximum Gasteiger partial charge on any atom is 0.308 e. The van der Waals surface area contributed by atoms with E-state index in [4.69, 9.17) is 14.2 Å². The van der Waals surface area contributed by atoms with Crippen molar-refractivity contribution in [1.29, 1.82) is 0 Å². The van der Waals surface area contributed by atoms with Crippen molar-refractivity contribution in [2.24, 2.45) is 0 Å². The molecule has 2 N–H and O–H groups in total. The van der Waals surface area contributed by atoms with Gasteiger partial charge in [-0.15, -0.1) is 0 Å². The van der Waals surface area contributed by atoms with Crippen LogP contribution in [0.25, 0.3) is 0 Å². The Balaban J connectivity index is 1.53. The second kappa shape index (κ2) is 11.3. The largest absolute Gasteiger partial charge is 0.493 e. The molecule has 0 aliphatic carbocycles. The molecule has 3 rings (SSSR count). The van der Waals surface area contributed by atoms with E-state index in [1.807, 2.05) is 12.1 Å². The molecule has 0 heterocycles. The molecule has 8 nitrogen and oxygen atoms in total. The van der Waals surface area contributed by atoms with Gasteiger partial charge < -0.3 is 24.8 Å². The van der Waals surface area contributed by atoms with E-state index in [1.54, 1.807) is 54.6 Å². The average molecular weight is 448 g/mol. The highest BCUT2D eigenvalue weighted by atomic mass is 16.5. The van der Waals surface area contributed by atoms with Crippen LogP contribution >= 0.6 is 0 Å². The van der Waals surface area contributed by atoms with Gasteiger partial charge in [-0.05, 0) is 48.0 Å². The van der Waals surface area contributed by atoms with E-state index >= 15 is 0 Å². The molecular formula is C25H24N2O6. The van der Waals surface area contributed by atoms with Crippen molar-refractivity contribution < 1.29 is 28.6 Å². The maximum atomic E-state index is 12.6. The molecular weight excluding hydrogens is 424 g/mol. The molecule has 0 atom stereocenters. The van der Waals surface area contributed by atoms with Crippen molar-refractivity contribution in [2.45, 2.75) is 13.5 Å². The van der Waals surface area contributed by atoms with Gasteiger partial charge >= 0.3 is 5.97 Å². The molecule has 3 aromatic rings. The van der Waals surface area contributed by atoms with Crippen molar-refractivity contribution in [2.75, 3.05) is 19.0 Å². The van der Waals surface area contributed by atoms with Gasteiger partial charge in [0.15, 0.2) is 18.1 Å². The van der Waals surface area contributed by atoms with Crippen LogP contribution in [0, 0.1) is 0 Å². The number of hydrogen-bond acceptors (Lipinski definition) is 6. The minimum Gasteiger partial charge on any atom is -0.493 e. The van der Waals surface area contributed by atoms with Crippen LogP contribution in [0.2, 0.25) is 0 Å². The Hall–Kier alpha value is -4.33. The van der Waals surface area contributed by atoms with E-state index in [-0.39, 0.29) is 25.0 Å². The standard InChI is InChI=1S/C25H24N2O6/c1-17(28)33-21-10-6-8-19(14-21)25(30)27-20-9-5-7-18(13-20)15-26-24(29)16-32-23-12-4-3-11-22(23)31-2/h3-14H,15-16H2,1-2H3,(H,26,29)(H,27,30). The highest BCUT2D eigenvalue weighted by Gasteiger charge is 2.10. The number of ether oxygens (including phenoxy) is 3. The number of benzene rings is 3. The van der Waals surface area contributed by atoms with Crippen molar-refractivity contribution in [3.05, 3.63) is 83.9 Å². The molecule has 0 aliphatic rings. The average Bonchev–Trinajstić information content (AvgIpc) is 2.81. The summed E-state index contributed by atoms with van der Waals surface area (Å²) >= 11 is 0. The Morgan fingerprint density at radius 3 is 2.39 bits per heavy atom. The zero-order valence-electron chi connectivity index (χ0n) is 18.3. The molecule has 0 bridgehead atoms.